The summed E-state index contributed by atoms with van der Waals surface area (Å²) >= 11 is 0. The van der Waals surface area contributed by atoms with E-state index in [0.29, 0.717) is 23.4 Å². The van der Waals surface area contributed by atoms with Crippen molar-refractivity contribution in [3.63, 3.8) is 0 Å². The summed E-state index contributed by atoms with van der Waals surface area (Å²) in [6, 6.07) is 1.03. The van der Waals surface area contributed by atoms with E-state index < -0.39 is 0 Å². The standard InChI is InChI=1S/C32H41N/c1-21-15-17-26-24-11-5-7-13-28(24)32(30(26)19-21)29-14-8-6-12-25(29)27-18-16-23(20-31(27)32)33-22-9-3-2-4-10-22/h2-5,9,11,15-18,21-23,25-27,29-31,33H,6-8,10,12-14,19-20H2,1H3. The number of fused-ring (bicyclic) bond motifs is 9. The first-order valence-corrected chi connectivity index (χ1v) is 14.1. The number of hydrogen-bond acceptors (Lipinski definition) is 1. The topological polar surface area (TPSA) is 12.0 Å². The highest BCUT2D eigenvalue weighted by atomic mass is 14.9. The minimum atomic E-state index is 0.465. The van der Waals surface area contributed by atoms with Gasteiger partial charge >= 0.3 is 0 Å². The fourth-order valence-electron chi connectivity index (χ4n) is 10.0. The Labute approximate surface area is 200 Å². The van der Waals surface area contributed by atoms with Crippen LogP contribution in [0.25, 0.3) is 0 Å². The van der Waals surface area contributed by atoms with Crippen LogP contribution in [0.5, 0.6) is 0 Å². The molecule has 0 saturated heterocycles. The van der Waals surface area contributed by atoms with Crippen LogP contribution in [0.2, 0.25) is 0 Å². The zero-order valence-corrected chi connectivity index (χ0v) is 20.3. The molecule has 7 aliphatic carbocycles. The molecule has 0 heterocycles. The molecule has 1 N–H and O–H groups in total. The lowest BCUT2D eigenvalue weighted by molar-refractivity contribution is 0.0389. The number of rotatable bonds is 2. The van der Waals surface area contributed by atoms with Crippen molar-refractivity contribution in [2.75, 3.05) is 0 Å². The maximum Gasteiger partial charge on any atom is 0.0293 e. The molecule has 1 heteroatoms. The third-order valence-corrected chi connectivity index (χ3v) is 10.9. The first kappa shape index (κ1) is 20.7. The minimum absolute atomic E-state index is 0.465. The van der Waals surface area contributed by atoms with Gasteiger partial charge in [0.25, 0.3) is 0 Å². The van der Waals surface area contributed by atoms with Gasteiger partial charge in [-0.05, 0) is 86.0 Å². The molecule has 0 radical (unpaired) electrons. The summed E-state index contributed by atoms with van der Waals surface area (Å²) in [6.07, 6.45) is 37.1. The monoisotopic (exact) mass is 439 g/mol. The molecule has 10 unspecified atom stereocenters. The summed E-state index contributed by atoms with van der Waals surface area (Å²) < 4.78 is 0. The second-order valence-corrected chi connectivity index (χ2v) is 12.3. The van der Waals surface area contributed by atoms with Gasteiger partial charge in [-0.1, -0.05) is 86.1 Å². The Morgan fingerprint density at radius 2 is 1.79 bits per heavy atom. The van der Waals surface area contributed by atoms with Gasteiger partial charge in [0.1, 0.15) is 0 Å². The van der Waals surface area contributed by atoms with Crippen LogP contribution in [-0.4, -0.2) is 12.1 Å². The van der Waals surface area contributed by atoms with Crippen LogP contribution in [0.3, 0.4) is 0 Å². The van der Waals surface area contributed by atoms with Crippen LogP contribution in [0.1, 0.15) is 64.7 Å². The van der Waals surface area contributed by atoms with E-state index >= 15 is 0 Å². The van der Waals surface area contributed by atoms with Crippen molar-refractivity contribution in [1.82, 2.24) is 5.32 Å². The third-order valence-electron chi connectivity index (χ3n) is 10.9. The molecular weight excluding hydrogens is 398 g/mol. The molecule has 2 saturated carbocycles. The predicted molar refractivity (Wildman–Crippen MR) is 138 cm³/mol. The molecule has 1 spiro atoms. The molecule has 2 fully saturated rings. The normalized spacial score (nSPS) is 49.3. The molecule has 0 aromatic carbocycles. The summed E-state index contributed by atoms with van der Waals surface area (Å²) in [5.74, 6) is 5.77. The van der Waals surface area contributed by atoms with Gasteiger partial charge in [0, 0.05) is 23.4 Å². The lowest BCUT2D eigenvalue weighted by Crippen LogP contribution is -2.47. The van der Waals surface area contributed by atoms with Crippen LogP contribution in [0, 0.1) is 46.8 Å². The summed E-state index contributed by atoms with van der Waals surface area (Å²) in [6.45, 7) is 2.48. The van der Waals surface area contributed by atoms with Crippen molar-refractivity contribution in [3.05, 3.63) is 71.9 Å². The smallest absolute Gasteiger partial charge is 0.0293 e. The maximum atomic E-state index is 4.04. The predicted octanol–water partition coefficient (Wildman–Crippen LogP) is 7.32. The Morgan fingerprint density at radius 3 is 2.70 bits per heavy atom. The van der Waals surface area contributed by atoms with E-state index in [1.807, 2.05) is 5.57 Å². The van der Waals surface area contributed by atoms with E-state index in [0.717, 1.165) is 41.9 Å². The van der Waals surface area contributed by atoms with E-state index in [4.69, 9.17) is 0 Å². The van der Waals surface area contributed by atoms with Gasteiger partial charge in [0.15, 0.2) is 0 Å². The summed E-state index contributed by atoms with van der Waals surface area (Å²) in [7, 11) is 0. The quantitative estimate of drug-likeness (QED) is 0.445. The van der Waals surface area contributed by atoms with Gasteiger partial charge < -0.3 is 5.32 Å². The van der Waals surface area contributed by atoms with E-state index in [1.54, 1.807) is 5.57 Å². The molecule has 7 rings (SSSR count). The highest BCUT2D eigenvalue weighted by Crippen LogP contribution is 2.74. The Morgan fingerprint density at radius 1 is 0.848 bits per heavy atom. The fraction of sp³-hybridized carbons (Fsp3) is 0.625. The second kappa shape index (κ2) is 7.98. The van der Waals surface area contributed by atoms with Crippen LogP contribution in [-0.2, 0) is 0 Å². The van der Waals surface area contributed by atoms with Crippen molar-refractivity contribution in [3.8, 4) is 0 Å². The van der Waals surface area contributed by atoms with Crippen LogP contribution < -0.4 is 5.32 Å². The zero-order valence-electron chi connectivity index (χ0n) is 20.3. The molecule has 1 nitrogen and oxygen atoms in total. The minimum Gasteiger partial charge on any atom is -0.304 e. The SMILES string of the molecule is CC1C=CC2C3=C(CCC=C3)C3(C2C1)C1CC(NC2C=CC=CC2)C=CC1C1CCCCC13. The van der Waals surface area contributed by atoms with Gasteiger partial charge in [-0.2, -0.15) is 0 Å². The van der Waals surface area contributed by atoms with Gasteiger partial charge in [0.2, 0.25) is 0 Å². The molecule has 0 aliphatic heterocycles. The molecule has 0 aromatic rings. The summed E-state index contributed by atoms with van der Waals surface area (Å²) in [4.78, 5) is 0. The van der Waals surface area contributed by atoms with Crippen molar-refractivity contribution in [2.24, 2.45) is 46.8 Å². The van der Waals surface area contributed by atoms with E-state index in [2.05, 4.69) is 73.0 Å². The molecule has 0 aromatic heterocycles. The Balaban J connectivity index is 1.32. The molecule has 0 amide bonds. The average Bonchev–Trinajstić information content (AvgIpc) is 3.31. The number of allylic oxidation sites excluding steroid dienone is 9. The van der Waals surface area contributed by atoms with Crippen LogP contribution >= 0.6 is 0 Å². The highest BCUT2D eigenvalue weighted by molar-refractivity contribution is 5.48. The van der Waals surface area contributed by atoms with Gasteiger partial charge in [-0.15, -0.1) is 0 Å². The maximum absolute atomic E-state index is 4.04. The van der Waals surface area contributed by atoms with E-state index in [-0.39, 0.29) is 0 Å². The summed E-state index contributed by atoms with van der Waals surface area (Å²) in [5, 5.41) is 4.04. The molecule has 0 bridgehead atoms. The van der Waals surface area contributed by atoms with Crippen molar-refractivity contribution in [1.29, 1.82) is 0 Å². The second-order valence-electron chi connectivity index (χ2n) is 12.3. The Bertz CT molecular complexity index is 974. The molecule has 174 valence electrons. The number of hydrogen-bond donors (Lipinski definition) is 1. The van der Waals surface area contributed by atoms with Gasteiger partial charge in [0.05, 0.1) is 0 Å². The van der Waals surface area contributed by atoms with Crippen molar-refractivity contribution in [2.45, 2.75) is 76.8 Å². The van der Waals surface area contributed by atoms with E-state index in [9.17, 15) is 0 Å². The lowest BCUT2D eigenvalue weighted by atomic mass is 9.54. The van der Waals surface area contributed by atoms with Gasteiger partial charge in [-0.3, -0.25) is 0 Å². The Kier molecular flexibility index (Phi) is 5.01. The average molecular weight is 440 g/mol. The van der Waals surface area contributed by atoms with Crippen LogP contribution in [0.4, 0.5) is 0 Å². The molecule has 33 heavy (non-hydrogen) atoms. The van der Waals surface area contributed by atoms with Crippen LogP contribution in [0.15, 0.2) is 71.9 Å². The largest absolute Gasteiger partial charge is 0.304 e. The van der Waals surface area contributed by atoms with Crippen molar-refractivity contribution < 1.29 is 0 Å². The molecule has 7 aliphatic rings. The first-order valence-electron chi connectivity index (χ1n) is 14.1. The summed E-state index contributed by atoms with van der Waals surface area (Å²) in [5.41, 5.74) is 4.17. The fourth-order valence-corrected chi connectivity index (χ4v) is 10.0. The first-order chi connectivity index (χ1) is 16.3. The highest BCUT2D eigenvalue weighted by Gasteiger charge is 2.68. The Hall–Kier alpha value is -1.60. The van der Waals surface area contributed by atoms with E-state index in [1.165, 1.54) is 51.4 Å². The molecular formula is C32H41N. The lowest BCUT2D eigenvalue weighted by Gasteiger charge is -2.50. The van der Waals surface area contributed by atoms with Crippen molar-refractivity contribution >= 4 is 0 Å². The zero-order chi connectivity index (χ0) is 22.0. The molecule has 10 atom stereocenters. The third kappa shape index (κ3) is 3.00. The number of nitrogens with one attached hydrogen (secondary N) is 1. The van der Waals surface area contributed by atoms with Gasteiger partial charge in [-0.25, -0.2) is 0 Å².